The predicted octanol–water partition coefficient (Wildman–Crippen LogP) is 1.64. The van der Waals surface area contributed by atoms with Crippen molar-refractivity contribution in [2.45, 2.75) is 26.2 Å². The summed E-state index contributed by atoms with van der Waals surface area (Å²) in [6.07, 6.45) is 4.28. The Bertz CT molecular complexity index is 328. The molecule has 0 aromatic carbocycles. The van der Waals surface area contributed by atoms with Crippen LogP contribution in [0.4, 0.5) is 0 Å². The second-order valence-electron chi connectivity index (χ2n) is 4.38. The van der Waals surface area contributed by atoms with Gasteiger partial charge in [-0.1, -0.05) is 6.92 Å². The summed E-state index contributed by atoms with van der Waals surface area (Å²) < 4.78 is 0. The van der Waals surface area contributed by atoms with Crippen LogP contribution in [0.15, 0.2) is 11.7 Å². The lowest BCUT2D eigenvalue weighted by Gasteiger charge is -2.32. The van der Waals surface area contributed by atoms with Gasteiger partial charge < -0.3 is 5.32 Å². The summed E-state index contributed by atoms with van der Waals surface area (Å²) in [5.74, 6) is 0.369. The van der Waals surface area contributed by atoms with Gasteiger partial charge in [0.05, 0.1) is 5.51 Å². The van der Waals surface area contributed by atoms with Crippen molar-refractivity contribution in [2.24, 2.45) is 5.41 Å². The molecule has 1 aliphatic rings. The number of Topliss-reactive ketones (excluding diaryl/α,β-unsaturated/α-hetero) is 1. The van der Waals surface area contributed by atoms with Crippen LogP contribution in [0.5, 0.6) is 0 Å². The highest BCUT2D eigenvalue weighted by Crippen LogP contribution is 2.30. The maximum atomic E-state index is 12.1. The average molecular weight is 224 g/mol. The van der Waals surface area contributed by atoms with Gasteiger partial charge in [-0.25, -0.2) is 0 Å². The van der Waals surface area contributed by atoms with Crippen LogP contribution in [0.3, 0.4) is 0 Å². The molecule has 0 bridgehead atoms. The van der Waals surface area contributed by atoms with Crippen LogP contribution >= 0.6 is 11.3 Å². The average Bonchev–Trinajstić information content (AvgIpc) is 2.71. The Labute approximate surface area is 93.9 Å². The fraction of sp³-hybridized carbons (Fsp3) is 0.636. The van der Waals surface area contributed by atoms with Crippen molar-refractivity contribution in [3.05, 3.63) is 16.6 Å². The second-order valence-corrected chi connectivity index (χ2v) is 5.35. The van der Waals surface area contributed by atoms with E-state index < -0.39 is 0 Å². The quantitative estimate of drug-likeness (QED) is 0.848. The number of carbonyl (C=O) groups is 1. The normalized spacial score (nSPS) is 20.1. The molecule has 1 aliphatic heterocycles. The van der Waals surface area contributed by atoms with Crippen molar-refractivity contribution in [1.29, 1.82) is 0 Å². The van der Waals surface area contributed by atoms with Crippen molar-refractivity contribution in [3.63, 3.8) is 0 Å². The van der Waals surface area contributed by atoms with Crippen molar-refractivity contribution in [2.75, 3.05) is 13.1 Å². The summed E-state index contributed by atoms with van der Waals surface area (Å²) in [6, 6.07) is 0. The van der Waals surface area contributed by atoms with Crippen LogP contribution in [0.2, 0.25) is 0 Å². The summed E-state index contributed by atoms with van der Waals surface area (Å²) in [5.41, 5.74) is 1.67. The molecule has 2 heterocycles. The number of carbonyl (C=O) groups excluding carboxylic acids is 1. The first-order valence-corrected chi connectivity index (χ1v) is 6.20. The molecular weight excluding hydrogens is 208 g/mol. The van der Waals surface area contributed by atoms with E-state index in [0.717, 1.165) is 30.8 Å². The number of nitrogens with zero attached hydrogens (tertiary/aromatic N) is 1. The van der Waals surface area contributed by atoms with Crippen LogP contribution in [0.25, 0.3) is 0 Å². The predicted molar refractivity (Wildman–Crippen MR) is 61.0 cm³/mol. The third kappa shape index (κ3) is 2.44. The van der Waals surface area contributed by atoms with Gasteiger partial charge in [-0.05, 0) is 25.9 Å². The summed E-state index contributed by atoms with van der Waals surface area (Å²) in [4.78, 5) is 17.2. The smallest absolute Gasteiger partial charge is 0.144 e. The monoisotopic (exact) mass is 224 g/mol. The van der Waals surface area contributed by atoms with Gasteiger partial charge in [-0.15, -0.1) is 11.3 Å². The van der Waals surface area contributed by atoms with E-state index in [2.05, 4.69) is 17.2 Å². The molecule has 0 amide bonds. The first-order valence-electron chi connectivity index (χ1n) is 5.32. The van der Waals surface area contributed by atoms with Gasteiger partial charge in [0.2, 0.25) is 0 Å². The molecule has 0 saturated carbocycles. The van der Waals surface area contributed by atoms with Gasteiger partial charge in [0.15, 0.2) is 0 Å². The minimum Gasteiger partial charge on any atom is -0.317 e. The van der Waals surface area contributed by atoms with Gasteiger partial charge in [0.25, 0.3) is 0 Å². The topological polar surface area (TPSA) is 42.0 Å². The van der Waals surface area contributed by atoms with Gasteiger partial charge in [0.1, 0.15) is 5.78 Å². The number of aromatic nitrogens is 1. The van der Waals surface area contributed by atoms with E-state index in [-0.39, 0.29) is 5.41 Å². The maximum Gasteiger partial charge on any atom is 0.144 e. The van der Waals surface area contributed by atoms with E-state index in [1.165, 1.54) is 0 Å². The third-order valence-electron chi connectivity index (χ3n) is 3.20. The van der Waals surface area contributed by atoms with E-state index in [1.807, 2.05) is 0 Å². The van der Waals surface area contributed by atoms with Gasteiger partial charge in [-0.3, -0.25) is 9.78 Å². The Morgan fingerprint density at radius 1 is 1.60 bits per heavy atom. The zero-order chi connectivity index (χ0) is 10.7. The fourth-order valence-corrected chi connectivity index (χ4v) is 2.55. The van der Waals surface area contributed by atoms with Crippen LogP contribution in [0, 0.1) is 5.41 Å². The molecule has 3 nitrogen and oxygen atoms in total. The van der Waals surface area contributed by atoms with Crippen LogP contribution in [0.1, 0.15) is 24.6 Å². The van der Waals surface area contributed by atoms with Crippen molar-refractivity contribution >= 4 is 17.1 Å². The van der Waals surface area contributed by atoms with Gasteiger partial charge >= 0.3 is 0 Å². The van der Waals surface area contributed by atoms with Crippen LogP contribution in [-0.4, -0.2) is 23.9 Å². The molecule has 1 N–H and O–H groups in total. The number of thiazole rings is 1. The molecular formula is C11H16N2OS. The lowest BCUT2D eigenvalue weighted by atomic mass is 9.76. The summed E-state index contributed by atoms with van der Waals surface area (Å²) in [5, 5.41) is 3.29. The number of nitrogens with one attached hydrogen (secondary N) is 1. The van der Waals surface area contributed by atoms with E-state index >= 15 is 0 Å². The molecule has 4 heteroatoms. The highest BCUT2D eigenvalue weighted by molar-refractivity contribution is 7.09. The molecule has 0 atom stereocenters. The van der Waals surface area contributed by atoms with E-state index in [9.17, 15) is 4.79 Å². The minimum absolute atomic E-state index is 0.116. The molecule has 2 rings (SSSR count). The Kier molecular flexibility index (Phi) is 3.17. The largest absolute Gasteiger partial charge is 0.317 e. The molecule has 1 aromatic rings. The number of ketones is 1. The second kappa shape index (κ2) is 4.41. The Morgan fingerprint density at radius 3 is 2.93 bits per heavy atom. The van der Waals surface area contributed by atoms with Crippen LogP contribution in [-0.2, 0) is 11.2 Å². The lowest BCUT2D eigenvalue weighted by Crippen LogP contribution is -2.40. The van der Waals surface area contributed by atoms with Crippen molar-refractivity contribution in [3.8, 4) is 0 Å². The van der Waals surface area contributed by atoms with Gasteiger partial charge in [-0.2, -0.15) is 0 Å². The molecule has 1 fully saturated rings. The van der Waals surface area contributed by atoms with Crippen molar-refractivity contribution in [1.82, 2.24) is 10.3 Å². The molecule has 1 aromatic heterocycles. The molecule has 1 saturated heterocycles. The fourth-order valence-electron chi connectivity index (χ4n) is 1.96. The summed E-state index contributed by atoms with van der Waals surface area (Å²) in [6.45, 7) is 4.02. The third-order valence-corrected chi connectivity index (χ3v) is 3.98. The lowest BCUT2D eigenvalue weighted by molar-refractivity contribution is -0.128. The molecule has 82 valence electrons. The van der Waals surface area contributed by atoms with E-state index in [0.29, 0.717) is 12.2 Å². The molecule has 0 unspecified atom stereocenters. The minimum atomic E-state index is -0.116. The SMILES string of the molecule is CC1(C(=O)Cc2cncs2)CCNCC1. The zero-order valence-electron chi connectivity index (χ0n) is 8.95. The molecule has 15 heavy (non-hydrogen) atoms. The van der Waals surface area contributed by atoms with E-state index in [1.54, 1.807) is 23.0 Å². The summed E-state index contributed by atoms with van der Waals surface area (Å²) >= 11 is 1.57. The number of rotatable bonds is 3. The molecule has 0 spiro atoms. The Morgan fingerprint density at radius 2 is 2.33 bits per heavy atom. The number of piperidine rings is 1. The van der Waals surface area contributed by atoms with Gasteiger partial charge in [0, 0.05) is 22.9 Å². The Balaban J connectivity index is 2.00. The number of hydrogen-bond acceptors (Lipinski definition) is 4. The van der Waals surface area contributed by atoms with Crippen molar-refractivity contribution < 1.29 is 4.79 Å². The maximum absolute atomic E-state index is 12.1. The summed E-state index contributed by atoms with van der Waals surface area (Å²) in [7, 11) is 0. The molecule has 0 aliphatic carbocycles. The van der Waals surface area contributed by atoms with Crippen LogP contribution < -0.4 is 5.32 Å². The van der Waals surface area contributed by atoms with E-state index in [4.69, 9.17) is 0 Å². The first kappa shape index (κ1) is 10.8. The zero-order valence-corrected chi connectivity index (χ0v) is 9.77. The highest BCUT2D eigenvalue weighted by atomic mass is 32.1. The molecule has 0 radical (unpaired) electrons. The highest BCUT2D eigenvalue weighted by Gasteiger charge is 2.33. The standard InChI is InChI=1S/C11H16N2OS/c1-11(2-4-12-5-3-11)10(14)6-9-7-13-8-15-9/h7-8,12H,2-6H2,1H3. The Hall–Kier alpha value is -0.740. The first-order chi connectivity index (χ1) is 7.21. The number of hydrogen-bond donors (Lipinski definition) is 1.